The molecule has 0 N–H and O–H groups in total. The Labute approximate surface area is 179 Å². The fourth-order valence-corrected chi connectivity index (χ4v) is 4.15. The van der Waals surface area contributed by atoms with Crippen LogP contribution in [0, 0.1) is 13.8 Å². The van der Waals surface area contributed by atoms with Crippen LogP contribution in [0.2, 0.25) is 0 Å². The van der Waals surface area contributed by atoms with Gasteiger partial charge in [0, 0.05) is 11.4 Å². The predicted octanol–water partition coefficient (Wildman–Crippen LogP) is 4.09. The predicted molar refractivity (Wildman–Crippen MR) is 116 cm³/mol. The summed E-state index contributed by atoms with van der Waals surface area (Å²) < 4.78 is 12.6. The van der Waals surface area contributed by atoms with Gasteiger partial charge < -0.3 is 14.0 Å². The standard InChI is InChI=1S/C22H24N2O5S/c1-13(2)29-20(25)12-23-21(26)19(30-22(23)27)11-16-10-14(3)24(15(16)4)17-8-6-7-9-18(17)28-5/h6-11,13H,12H2,1-5H3/b19-11-. The normalized spacial score (nSPS) is 15.4. The van der Waals surface area contributed by atoms with E-state index in [1.54, 1.807) is 27.0 Å². The third-order valence-corrected chi connectivity index (χ3v) is 5.52. The van der Waals surface area contributed by atoms with Crippen molar-refractivity contribution < 1.29 is 23.9 Å². The van der Waals surface area contributed by atoms with E-state index in [0.29, 0.717) is 0 Å². The molecule has 0 saturated carbocycles. The first-order valence-electron chi connectivity index (χ1n) is 9.50. The van der Waals surface area contributed by atoms with Gasteiger partial charge in [-0.1, -0.05) is 12.1 Å². The molecule has 7 nitrogen and oxygen atoms in total. The van der Waals surface area contributed by atoms with Gasteiger partial charge in [0.05, 0.1) is 23.8 Å². The molecule has 2 amide bonds. The maximum Gasteiger partial charge on any atom is 0.326 e. The molecule has 0 unspecified atom stereocenters. The number of imide groups is 1. The van der Waals surface area contributed by atoms with E-state index in [4.69, 9.17) is 9.47 Å². The van der Waals surface area contributed by atoms with Crippen LogP contribution in [0.4, 0.5) is 4.79 Å². The number of nitrogens with zero attached hydrogens (tertiary/aromatic N) is 2. The summed E-state index contributed by atoms with van der Waals surface area (Å²) in [5.74, 6) is -0.370. The minimum Gasteiger partial charge on any atom is -0.495 e. The Morgan fingerprint density at radius 1 is 1.20 bits per heavy atom. The first-order valence-corrected chi connectivity index (χ1v) is 10.3. The average molecular weight is 429 g/mol. The second kappa shape index (κ2) is 8.79. The zero-order chi connectivity index (χ0) is 22.0. The van der Waals surface area contributed by atoms with Crippen molar-refractivity contribution >= 4 is 35.0 Å². The Kier molecular flexibility index (Phi) is 6.36. The van der Waals surface area contributed by atoms with Crippen molar-refractivity contribution in [2.24, 2.45) is 0 Å². The van der Waals surface area contributed by atoms with Crippen molar-refractivity contribution in [3.05, 3.63) is 52.2 Å². The van der Waals surface area contributed by atoms with E-state index < -0.39 is 17.1 Å². The lowest BCUT2D eigenvalue weighted by molar-refractivity contribution is -0.149. The molecule has 0 radical (unpaired) electrons. The Morgan fingerprint density at radius 3 is 2.57 bits per heavy atom. The van der Waals surface area contributed by atoms with Gasteiger partial charge >= 0.3 is 5.97 Å². The number of hydrogen-bond acceptors (Lipinski definition) is 6. The largest absolute Gasteiger partial charge is 0.495 e. The van der Waals surface area contributed by atoms with Crippen LogP contribution in [-0.4, -0.2) is 46.3 Å². The number of para-hydroxylation sites is 2. The van der Waals surface area contributed by atoms with Crippen molar-refractivity contribution in [3.63, 3.8) is 0 Å². The first kappa shape index (κ1) is 21.7. The molecule has 0 atom stereocenters. The number of carbonyl (C=O) groups excluding carboxylic acids is 3. The van der Waals surface area contributed by atoms with Crippen LogP contribution >= 0.6 is 11.8 Å². The molecule has 8 heteroatoms. The summed E-state index contributed by atoms with van der Waals surface area (Å²) >= 11 is 0.822. The second-order valence-corrected chi connectivity index (χ2v) is 8.13. The summed E-state index contributed by atoms with van der Waals surface area (Å²) in [6, 6.07) is 9.62. The Bertz CT molecular complexity index is 1040. The molecule has 0 aliphatic carbocycles. The number of carbonyl (C=O) groups is 3. The SMILES string of the molecule is COc1ccccc1-n1c(C)cc(/C=C2\SC(=O)N(CC(=O)OC(C)C)C2=O)c1C. The number of aromatic nitrogens is 1. The van der Waals surface area contributed by atoms with E-state index in [1.807, 2.05) is 48.7 Å². The first-order chi connectivity index (χ1) is 14.2. The molecule has 2 aromatic rings. The topological polar surface area (TPSA) is 77.8 Å². The molecule has 0 bridgehead atoms. The summed E-state index contributed by atoms with van der Waals surface area (Å²) in [5, 5.41) is -0.481. The maximum atomic E-state index is 12.7. The van der Waals surface area contributed by atoms with Gasteiger partial charge in [-0.2, -0.15) is 0 Å². The molecule has 1 aromatic carbocycles. The second-order valence-electron chi connectivity index (χ2n) is 7.14. The molecule has 1 aliphatic rings. The lowest BCUT2D eigenvalue weighted by atomic mass is 10.2. The van der Waals surface area contributed by atoms with Gasteiger partial charge in [-0.25, -0.2) is 0 Å². The fraction of sp³-hybridized carbons (Fsp3) is 0.318. The van der Waals surface area contributed by atoms with E-state index in [-0.39, 0.29) is 17.6 Å². The van der Waals surface area contributed by atoms with Gasteiger partial charge in [-0.3, -0.25) is 19.3 Å². The van der Waals surface area contributed by atoms with Crippen molar-refractivity contribution in [3.8, 4) is 11.4 Å². The van der Waals surface area contributed by atoms with Gasteiger partial charge in [0.2, 0.25) is 0 Å². The lowest BCUT2D eigenvalue weighted by Gasteiger charge is -2.14. The third-order valence-electron chi connectivity index (χ3n) is 4.61. The number of rotatable bonds is 6. The van der Waals surface area contributed by atoms with Crippen LogP contribution in [0.5, 0.6) is 5.75 Å². The molecule has 30 heavy (non-hydrogen) atoms. The highest BCUT2D eigenvalue weighted by atomic mass is 32.2. The molecule has 1 aromatic heterocycles. The van der Waals surface area contributed by atoms with Crippen molar-refractivity contribution in [2.45, 2.75) is 33.8 Å². The molecule has 158 valence electrons. The van der Waals surface area contributed by atoms with E-state index in [1.165, 1.54) is 0 Å². The average Bonchev–Trinajstić information content (AvgIpc) is 3.11. The number of hydrogen-bond donors (Lipinski definition) is 0. The minimum absolute atomic E-state index is 0.276. The summed E-state index contributed by atoms with van der Waals surface area (Å²) in [6.45, 7) is 6.94. The molecule has 0 spiro atoms. The van der Waals surface area contributed by atoms with Crippen molar-refractivity contribution in [2.75, 3.05) is 13.7 Å². The zero-order valence-corrected chi connectivity index (χ0v) is 18.4. The Balaban J connectivity index is 1.90. The maximum absolute atomic E-state index is 12.7. The summed E-state index contributed by atoms with van der Waals surface area (Å²) in [7, 11) is 1.62. The molecular weight excluding hydrogens is 404 g/mol. The highest BCUT2D eigenvalue weighted by molar-refractivity contribution is 8.18. The number of aryl methyl sites for hydroxylation is 1. The summed E-state index contributed by atoms with van der Waals surface area (Å²) in [5.41, 5.74) is 3.57. The van der Waals surface area contributed by atoms with Gasteiger partial charge in [0.1, 0.15) is 12.3 Å². The highest BCUT2D eigenvalue weighted by Crippen LogP contribution is 2.34. The van der Waals surface area contributed by atoms with E-state index in [0.717, 1.165) is 45.1 Å². The van der Waals surface area contributed by atoms with E-state index in [2.05, 4.69) is 0 Å². The Morgan fingerprint density at radius 2 is 1.90 bits per heavy atom. The van der Waals surface area contributed by atoms with Crippen molar-refractivity contribution in [1.29, 1.82) is 0 Å². The van der Waals surface area contributed by atoms with E-state index in [9.17, 15) is 14.4 Å². The number of methoxy groups -OCH3 is 1. The molecule has 1 saturated heterocycles. The van der Waals surface area contributed by atoms with Crippen LogP contribution < -0.4 is 4.74 Å². The fourth-order valence-electron chi connectivity index (χ4n) is 3.33. The van der Waals surface area contributed by atoms with Crippen LogP contribution in [0.3, 0.4) is 0 Å². The van der Waals surface area contributed by atoms with Crippen LogP contribution in [0.1, 0.15) is 30.8 Å². The summed E-state index contributed by atoms with van der Waals surface area (Å²) in [6.07, 6.45) is 1.38. The van der Waals surface area contributed by atoms with Crippen LogP contribution in [0.25, 0.3) is 11.8 Å². The zero-order valence-electron chi connectivity index (χ0n) is 17.6. The number of esters is 1. The highest BCUT2D eigenvalue weighted by Gasteiger charge is 2.37. The van der Waals surface area contributed by atoms with Crippen LogP contribution in [-0.2, 0) is 14.3 Å². The number of benzene rings is 1. The van der Waals surface area contributed by atoms with Gasteiger partial charge in [0.25, 0.3) is 11.1 Å². The smallest absolute Gasteiger partial charge is 0.326 e. The van der Waals surface area contributed by atoms with Gasteiger partial charge in [-0.05, 0) is 69.3 Å². The number of thioether (sulfide) groups is 1. The molecule has 1 aliphatic heterocycles. The number of amides is 2. The van der Waals surface area contributed by atoms with Gasteiger partial charge in [0.15, 0.2) is 0 Å². The lowest BCUT2D eigenvalue weighted by Crippen LogP contribution is -2.35. The Hall–Kier alpha value is -3.00. The van der Waals surface area contributed by atoms with Crippen molar-refractivity contribution in [1.82, 2.24) is 9.47 Å². The molecule has 1 fully saturated rings. The third kappa shape index (κ3) is 4.28. The van der Waals surface area contributed by atoms with Crippen LogP contribution in [0.15, 0.2) is 35.2 Å². The molecule has 3 rings (SSSR count). The molecular formula is C22H24N2O5S. The summed E-state index contributed by atoms with van der Waals surface area (Å²) in [4.78, 5) is 38.0. The van der Waals surface area contributed by atoms with Gasteiger partial charge in [-0.15, -0.1) is 0 Å². The minimum atomic E-state index is -0.608. The molecule has 2 heterocycles. The quantitative estimate of drug-likeness (QED) is 0.509. The monoisotopic (exact) mass is 428 g/mol. The number of ether oxygens (including phenoxy) is 2. The van der Waals surface area contributed by atoms with E-state index >= 15 is 0 Å².